The summed E-state index contributed by atoms with van der Waals surface area (Å²) in [6, 6.07) is 8.63. The van der Waals surface area contributed by atoms with Crippen LogP contribution in [-0.2, 0) is 6.54 Å². The molecule has 5 heteroatoms. The molecule has 0 radical (unpaired) electrons. The van der Waals surface area contributed by atoms with Crippen LogP contribution in [0.5, 0.6) is 5.75 Å². The predicted octanol–water partition coefficient (Wildman–Crippen LogP) is 3.79. The average Bonchev–Trinajstić information content (AvgIpc) is 2.88. The van der Waals surface area contributed by atoms with E-state index in [1.807, 2.05) is 0 Å². The minimum Gasteiger partial charge on any atom is -0.497 e. The fourth-order valence-electron chi connectivity index (χ4n) is 2.50. The molecule has 0 saturated heterocycles. The molecule has 3 nitrogen and oxygen atoms in total. The van der Waals surface area contributed by atoms with E-state index in [2.05, 4.69) is 0 Å². The Morgan fingerprint density at radius 3 is 2.73 bits per heavy atom. The predicted molar refractivity (Wildman–Crippen MR) is 79.3 cm³/mol. The maximum absolute atomic E-state index is 13.8. The SMILES string of the molecule is COc1ccc2c(c1)c(C=O)cn2Cc1cc(F)ccc1F. The van der Waals surface area contributed by atoms with Crippen LogP contribution in [0.1, 0.15) is 15.9 Å². The van der Waals surface area contributed by atoms with Crippen LogP contribution in [0, 0.1) is 11.6 Å². The molecule has 112 valence electrons. The summed E-state index contributed by atoms with van der Waals surface area (Å²) in [6.07, 6.45) is 2.36. The van der Waals surface area contributed by atoms with Crippen molar-refractivity contribution < 1.29 is 18.3 Å². The standard InChI is InChI=1S/C17H13F2NO2/c1-22-14-3-5-17-15(7-14)12(10-21)9-20(17)8-11-6-13(18)2-4-16(11)19/h2-7,9-10H,8H2,1H3. The maximum Gasteiger partial charge on any atom is 0.152 e. The van der Waals surface area contributed by atoms with Gasteiger partial charge in [-0.2, -0.15) is 0 Å². The van der Waals surface area contributed by atoms with Crippen molar-refractivity contribution in [2.75, 3.05) is 7.11 Å². The van der Waals surface area contributed by atoms with Gasteiger partial charge in [-0.3, -0.25) is 4.79 Å². The zero-order valence-corrected chi connectivity index (χ0v) is 11.8. The molecule has 2 aromatic carbocycles. The van der Waals surface area contributed by atoms with Gasteiger partial charge in [0.1, 0.15) is 17.4 Å². The third-order valence-electron chi connectivity index (χ3n) is 3.59. The third-order valence-corrected chi connectivity index (χ3v) is 3.59. The van der Waals surface area contributed by atoms with Gasteiger partial charge in [-0.1, -0.05) is 0 Å². The quantitative estimate of drug-likeness (QED) is 0.687. The molecule has 0 aliphatic carbocycles. The second kappa shape index (κ2) is 5.60. The minimum atomic E-state index is -0.495. The summed E-state index contributed by atoms with van der Waals surface area (Å²) in [4.78, 5) is 11.2. The van der Waals surface area contributed by atoms with Crippen molar-refractivity contribution in [1.29, 1.82) is 0 Å². The van der Waals surface area contributed by atoms with Crippen LogP contribution in [0.15, 0.2) is 42.6 Å². The molecule has 0 unspecified atom stereocenters. The highest BCUT2D eigenvalue weighted by atomic mass is 19.1. The number of aldehydes is 1. The van der Waals surface area contributed by atoms with E-state index in [0.717, 1.165) is 30.0 Å². The summed E-state index contributed by atoms with van der Waals surface area (Å²) in [5.74, 6) is -0.347. The molecule has 0 amide bonds. The molecule has 1 heterocycles. The normalized spacial score (nSPS) is 10.9. The monoisotopic (exact) mass is 301 g/mol. The van der Waals surface area contributed by atoms with E-state index < -0.39 is 11.6 Å². The first-order chi connectivity index (χ1) is 10.6. The van der Waals surface area contributed by atoms with Gasteiger partial charge in [0, 0.05) is 28.2 Å². The number of hydrogen-bond acceptors (Lipinski definition) is 2. The first-order valence-corrected chi connectivity index (χ1v) is 6.68. The summed E-state index contributed by atoms with van der Waals surface area (Å²) in [7, 11) is 1.54. The van der Waals surface area contributed by atoms with Crippen LogP contribution in [0.2, 0.25) is 0 Å². The molecule has 0 atom stereocenters. The minimum absolute atomic E-state index is 0.139. The highest BCUT2D eigenvalue weighted by Gasteiger charge is 2.11. The van der Waals surface area contributed by atoms with Crippen molar-refractivity contribution in [2.45, 2.75) is 6.54 Å². The van der Waals surface area contributed by atoms with E-state index in [1.54, 1.807) is 36.1 Å². The van der Waals surface area contributed by atoms with Crippen LogP contribution in [0.3, 0.4) is 0 Å². The fourth-order valence-corrected chi connectivity index (χ4v) is 2.50. The Morgan fingerprint density at radius 2 is 2.00 bits per heavy atom. The molecule has 0 fully saturated rings. The molecule has 0 spiro atoms. The van der Waals surface area contributed by atoms with E-state index in [9.17, 15) is 13.6 Å². The Morgan fingerprint density at radius 1 is 1.18 bits per heavy atom. The number of carbonyl (C=O) groups is 1. The van der Waals surface area contributed by atoms with E-state index in [0.29, 0.717) is 16.7 Å². The Bertz CT molecular complexity index is 855. The van der Waals surface area contributed by atoms with Crippen molar-refractivity contribution in [3.63, 3.8) is 0 Å². The molecule has 0 bridgehead atoms. The number of benzene rings is 2. The van der Waals surface area contributed by atoms with Crippen molar-refractivity contribution in [2.24, 2.45) is 0 Å². The van der Waals surface area contributed by atoms with Gasteiger partial charge in [-0.25, -0.2) is 8.78 Å². The Labute approximate surface area is 125 Å². The topological polar surface area (TPSA) is 31.2 Å². The largest absolute Gasteiger partial charge is 0.497 e. The van der Waals surface area contributed by atoms with Gasteiger partial charge in [-0.15, -0.1) is 0 Å². The summed E-state index contributed by atoms with van der Waals surface area (Å²) in [5, 5.41) is 0.714. The highest BCUT2D eigenvalue weighted by Crippen LogP contribution is 2.26. The number of carbonyl (C=O) groups excluding carboxylic acids is 1. The van der Waals surface area contributed by atoms with E-state index >= 15 is 0 Å². The summed E-state index contributed by atoms with van der Waals surface area (Å²) in [5.41, 5.74) is 1.46. The number of methoxy groups -OCH3 is 1. The Kier molecular flexibility index (Phi) is 3.63. The Balaban J connectivity index is 2.11. The van der Waals surface area contributed by atoms with Gasteiger partial charge < -0.3 is 9.30 Å². The molecule has 0 saturated carbocycles. The second-order valence-electron chi connectivity index (χ2n) is 4.95. The van der Waals surface area contributed by atoms with Crippen molar-refractivity contribution >= 4 is 17.2 Å². The van der Waals surface area contributed by atoms with Gasteiger partial charge in [-0.05, 0) is 36.4 Å². The van der Waals surface area contributed by atoms with Gasteiger partial charge >= 0.3 is 0 Å². The number of halogens is 2. The fraction of sp³-hybridized carbons (Fsp3) is 0.118. The van der Waals surface area contributed by atoms with Crippen LogP contribution in [0.4, 0.5) is 8.78 Å². The lowest BCUT2D eigenvalue weighted by atomic mass is 10.2. The van der Waals surface area contributed by atoms with Crippen LogP contribution in [0.25, 0.3) is 10.9 Å². The number of ether oxygens (including phenoxy) is 1. The molecule has 3 aromatic rings. The first-order valence-electron chi connectivity index (χ1n) is 6.68. The van der Waals surface area contributed by atoms with Crippen LogP contribution >= 0.6 is 0 Å². The summed E-state index contributed by atoms with van der Waals surface area (Å²) in [6.45, 7) is 0.139. The van der Waals surface area contributed by atoms with Gasteiger partial charge in [0.2, 0.25) is 0 Å². The molecule has 1 aromatic heterocycles. The van der Waals surface area contributed by atoms with Crippen LogP contribution in [-0.4, -0.2) is 18.0 Å². The summed E-state index contributed by atoms with van der Waals surface area (Å²) >= 11 is 0. The lowest BCUT2D eigenvalue weighted by Gasteiger charge is -2.07. The average molecular weight is 301 g/mol. The number of hydrogen-bond donors (Lipinski definition) is 0. The molecule has 3 rings (SSSR count). The number of fused-ring (bicyclic) bond motifs is 1. The number of aromatic nitrogens is 1. The van der Waals surface area contributed by atoms with Crippen molar-refractivity contribution in [3.05, 3.63) is 65.4 Å². The van der Waals surface area contributed by atoms with E-state index in [4.69, 9.17) is 4.74 Å². The highest BCUT2D eigenvalue weighted by molar-refractivity contribution is 5.98. The zero-order valence-electron chi connectivity index (χ0n) is 11.8. The van der Waals surface area contributed by atoms with E-state index in [-0.39, 0.29) is 12.1 Å². The number of nitrogens with zero attached hydrogens (tertiary/aromatic N) is 1. The molecular formula is C17H13F2NO2. The second-order valence-corrected chi connectivity index (χ2v) is 4.95. The van der Waals surface area contributed by atoms with E-state index in [1.165, 1.54) is 0 Å². The van der Waals surface area contributed by atoms with Gasteiger partial charge in [0.25, 0.3) is 0 Å². The van der Waals surface area contributed by atoms with Gasteiger partial charge in [0.05, 0.1) is 13.7 Å². The lowest BCUT2D eigenvalue weighted by molar-refractivity contribution is 0.112. The van der Waals surface area contributed by atoms with Crippen molar-refractivity contribution in [1.82, 2.24) is 4.57 Å². The lowest BCUT2D eigenvalue weighted by Crippen LogP contribution is -2.01. The number of rotatable bonds is 4. The molecular weight excluding hydrogens is 288 g/mol. The molecule has 0 N–H and O–H groups in total. The smallest absolute Gasteiger partial charge is 0.152 e. The Hall–Kier alpha value is -2.69. The third kappa shape index (κ3) is 2.45. The first kappa shape index (κ1) is 14.3. The molecule has 22 heavy (non-hydrogen) atoms. The van der Waals surface area contributed by atoms with Gasteiger partial charge in [0.15, 0.2) is 6.29 Å². The zero-order chi connectivity index (χ0) is 15.7. The maximum atomic E-state index is 13.8. The van der Waals surface area contributed by atoms with Crippen LogP contribution < -0.4 is 4.74 Å². The van der Waals surface area contributed by atoms with Crippen molar-refractivity contribution in [3.8, 4) is 5.75 Å². The molecule has 0 aliphatic rings. The molecule has 0 aliphatic heterocycles. The summed E-state index contributed by atoms with van der Waals surface area (Å²) < 4.78 is 33.9.